The molecule has 1 aromatic rings. The van der Waals surface area contributed by atoms with E-state index in [2.05, 4.69) is 19.2 Å². The van der Waals surface area contributed by atoms with Gasteiger partial charge in [0.2, 0.25) is 0 Å². The topological polar surface area (TPSA) is 12.0 Å². The van der Waals surface area contributed by atoms with E-state index in [0.29, 0.717) is 30.0 Å². The highest BCUT2D eigenvalue weighted by Crippen LogP contribution is 2.24. The Kier molecular flexibility index (Phi) is 3.24. The van der Waals surface area contributed by atoms with Crippen LogP contribution in [0, 0.1) is 17.6 Å². The Balaban J connectivity index is 2.23. The molecule has 0 saturated heterocycles. The molecule has 16 heavy (non-hydrogen) atoms. The van der Waals surface area contributed by atoms with Crippen molar-refractivity contribution in [3.63, 3.8) is 0 Å². The van der Waals surface area contributed by atoms with Crippen molar-refractivity contribution in [2.24, 2.45) is 5.92 Å². The molecule has 0 fully saturated rings. The second-order valence-corrected chi connectivity index (χ2v) is 4.90. The van der Waals surface area contributed by atoms with Gasteiger partial charge in [-0.3, -0.25) is 0 Å². The van der Waals surface area contributed by atoms with E-state index < -0.39 is 0 Å². The zero-order valence-electron chi connectivity index (χ0n) is 9.69. The lowest BCUT2D eigenvalue weighted by Crippen LogP contribution is -2.37. The first-order chi connectivity index (χ1) is 7.58. The summed E-state index contributed by atoms with van der Waals surface area (Å²) < 4.78 is 27.0. The van der Waals surface area contributed by atoms with Crippen LogP contribution in [0.5, 0.6) is 0 Å². The van der Waals surface area contributed by atoms with Gasteiger partial charge >= 0.3 is 0 Å². The van der Waals surface area contributed by atoms with Crippen LogP contribution in [0.4, 0.5) is 8.78 Å². The SMILES string of the molecule is CC(C)CC1Cc2c(F)ccc(F)c2CN1. The number of rotatable bonds is 2. The van der Waals surface area contributed by atoms with Gasteiger partial charge in [0.25, 0.3) is 0 Å². The summed E-state index contributed by atoms with van der Waals surface area (Å²) in [4.78, 5) is 0. The maximum atomic E-state index is 13.6. The smallest absolute Gasteiger partial charge is 0.128 e. The van der Waals surface area contributed by atoms with Crippen LogP contribution in [0.3, 0.4) is 0 Å². The molecule has 1 aliphatic rings. The van der Waals surface area contributed by atoms with Crippen molar-refractivity contribution >= 4 is 0 Å². The summed E-state index contributed by atoms with van der Waals surface area (Å²) in [5.74, 6) is -0.00535. The van der Waals surface area contributed by atoms with Gasteiger partial charge < -0.3 is 5.32 Å². The van der Waals surface area contributed by atoms with Crippen molar-refractivity contribution in [3.8, 4) is 0 Å². The third-order valence-corrected chi connectivity index (χ3v) is 3.09. The normalized spacial score (nSPS) is 19.9. The van der Waals surface area contributed by atoms with Crippen molar-refractivity contribution in [2.75, 3.05) is 0 Å². The van der Waals surface area contributed by atoms with Crippen LogP contribution in [0.25, 0.3) is 0 Å². The number of fused-ring (bicyclic) bond motifs is 1. The largest absolute Gasteiger partial charge is 0.309 e. The number of halogens is 2. The molecule has 0 amide bonds. The minimum Gasteiger partial charge on any atom is -0.309 e. The van der Waals surface area contributed by atoms with Crippen molar-refractivity contribution in [3.05, 3.63) is 34.9 Å². The average molecular weight is 225 g/mol. The van der Waals surface area contributed by atoms with Gasteiger partial charge in [-0.2, -0.15) is 0 Å². The van der Waals surface area contributed by atoms with Crippen LogP contribution in [-0.4, -0.2) is 6.04 Å². The molecule has 0 aromatic heterocycles. The van der Waals surface area contributed by atoms with E-state index in [1.165, 1.54) is 12.1 Å². The second kappa shape index (κ2) is 4.50. The van der Waals surface area contributed by atoms with Gasteiger partial charge in [0, 0.05) is 18.2 Å². The minimum absolute atomic E-state index is 0.267. The molecule has 1 N–H and O–H groups in total. The monoisotopic (exact) mass is 225 g/mol. The highest BCUT2D eigenvalue weighted by Gasteiger charge is 2.23. The molecule has 1 aromatic carbocycles. The zero-order valence-corrected chi connectivity index (χ0v) is 9.69. The molecule has 1 unspecified atom stereocenters. The van der Waals surface area contributed by atoms with Crippen molar-refractivity contribution in [1.82, 2.24) is 5.32 Å². The molecule has 88 valence electrons. The van der Waals surface area contributed by atoms with E-state index in [-0.39, 0.29) is 17.7 Å². The number of nitrogens with one attached hydrogen (secondary N) is 1. The van der Waals surface area contributed by atoms with Crippen LogP contribution in [0.15, 0.2) is 12.1 Å². The molecule has 0 spiro atoms. The van der Waals surface area contributed by atoms with Gasteiger partial charge in [-0.25, -0.2) is 8.78 Å². The molecule has 2 rings (SSSR count). The first-order valence-corrected chi connectivity index (χ1v) is 5.77. The molecule has 0 radical (unpaired) electrons. The summed E-state index contributed by atoms with van der Waals surface area (Å²) in [6.45, 7) is 4.72. The average Bonchev–Trinajstić information content (AvgIpc) is 2.23. The third kappa shape index (κ3) is 2.24. The predicted octanol–water partition coefficient (Wildman–Crippen LogP) is 3.03. The lowest BCUT2D eigenvalue weighted by Gasteiger charge is -2.27. The van der Waals surface area contributed by atoms with Crippen molar-refractivity contribution in [1.29, 1.82) is 0 Å². The van der Waals surface area contributed by atoms with E-state index >= 15 is 0 Å². The Morgan fingerprint density at radius 3 is 2.50 bits per heavy atom. The van der Waals surface area contributed by atoms with E-state index in [1.54, 1.807) is 0 Å². The van der Waals surface area contributed by atoms with Crippen LogP contribution in [0.2, 0.25) is 0 Å². The third-order valence-electron chi connectivity index (χ3n) is 3.09. The molecule has 1 atom stereocenters. The summed E-state index contributed by atoms with van der Waals surface area (Å²) >= 11 is 0. The Labute approximate surface area is 94.9 Å². The first kappa shape index (κ1) is 11.5. The molecule has 0 aliphatic carbocycles. The molecular weight excluding hydrogens is 208 g/mol. The van der Waals surface area contributed by atoms with Gasteiger partial charge in [-0.1, -0.05) is 13.8 Å². The lowest BCUT2D eigenvalue weighted by atomic mass is 9.90. The van der Waals surface area contributed by atoms with Crippen molar-refractivity contribution < 1.29 is 8.78 Å². The van der Waals surface area contributed by atoms with E-state index in [9.17, 15) is 8.78 Å². The summed E-state index contributed by atoms with van der Waals surface area (Å²) in [5.41, 5.74) is 1.06. The van der Waals surface area contributed by atoms with Gasteiger partial charge in [0.15, 0.2) is 0 Å². The summed E-state index contributed by atoms with van der Waals surface area (Å²) in [5, 5.41) is 3.27. The van der Waals surface area contributed by atoms with E-state index in [1.807, 2.05) is 0 Å². The molecule has 0 bridgehead atoms. The Morgan fingerprint density at radius 1 is 1.25 bits per heavy atom. The maximum Gasteiger partial charge on any atom is 0.128 e. The Bertz CT molecular complexity index is 388. The summed E-state index contributed by atoms with van der Waals surface area (Å²) in [7, 11) is 0. The fourth-order valence-electron chi connectivity index (χ4n) is 2.35. The predicted molar refractivity (Wildman–Crippen MR) is 60.1 cm³/mol. The molecular formula is C13H17F2N. The highest BCUT2D eigenvalue weighted by molar-refractivity contribution is 5.32. The van der Waals surface area contributed by atoms with E-state index in [0.717, 1.165) is 6.42 Å². The molecule has 1 aliphatic heterocycles. The summed E-state index contributed by atoms with van der Waals surface area (Å²) in [6, 6.07) is 2.70. The molecule has 1 nitrogen and oxygen atoms in total. The van der Waals surface area contributed by atoms with Gasteiger partial charge in [0.05, 0.1) is 0 Å². The highest BCUT2D eigenvalue weighted by atomic mass is 19.1. The van der Waals surface area contributed by atoms with Crippen molar-refractivity contribution in [2.45, 2.75) is 39.3 Å². The minimum atomic E-state index is -0.299. The van der Waals surface area contributed by atoms with Crippen LogP contribution in [0.1, 0.15) is 31.4 Å². The number of benzene rings is 1. The summed E-state index contributed by atoms with van der Waals surface area (Å²) in [6.07, 6.45) is 1.59. The fourth-order valence-corrected chi connectivity index (χ4v) is 2.35. The van der Waals surface area contributed by atoms with Crippen LogP contribution in [-0.2, 0) is 13.0 Å². The van der Waals surface area contributed by atoms with Crippen LogP contribution >= 0.6 is 0 Å². The van der Waals surface area contributed by atoms with Gasteiger partial charge in [0.1, 0.15) is 11.6 Å². The van der Waals surface area contributed by atoms with Crippen LogP contribution < -0.4 is 5.32 Å². The second-order valence-electron chi connectivity index (χ2n) is 4.90. The number of hydrogen-bond acceptors (Lipinski definition) is 1. The van der Waals surface area contributed by atoms with Gasteiger partial charge in [-0.15, -0.1) is 0 Å². The standard InChI is InChI=1S/C13H17F2N/c1-8(2)5-9-6-10-11(7-16-9)13(15)4-3-12(10)14/h3-4,8-9,16H,5-7H2,1-2H3. The Morgan fingerprint density at radius 2 is 1.88 bits per heavy atom. The first-order valence-electron chi connectivity index (χ1n) is 5.77. The molecule has 1 heterocycles. The lowest BCUT2D eigenvalue weighted by molar-refractivity contribution is 0.383. The van der Waals surface area contributed by atoms with E-state index in [4.69, 9.17) is 0 Å². The number of hydrogen-bond donors (Lipinski definition) is 1. The zero-order chi connectivity index (χ0) is 11.7. The molecule has 3 heteroatoms. The quantitative estimate of drug-likeness (QED) is 0.815. The maximum absolute atomic E-state index is 13.6. The Hall–Kier alpha value is -0.960. The molecule has 0 saturated carbocycles. The van der Waals surface area contributed by atoms with Gasteiger partial charge in [-0.05, 0) is 36.5 Å². The fraction of sp³-hybridized carbons (Fsp3) is 0.538.